The topological polar surface area (TPSA) is 40.6 Å². The monoisotopic (exact) mass is 328 g/mol. The number of benzene rings is 2. The molecule has 2 amide bonds. The van der Waals surface area contributed by atoms with Gasteiger partial charge in [0, 0.05) is 16.8 Å². The number of halogens is 1. The lowest BCUT2D eigenvalue weighted by Gasteiger charge is -2.28. The van der Waals surface area contributed by atoms with E-state index in [-0.39, 0.29) is 24.3 Å². The lowest BCUT2D eigenvalue weighted by Crippen LogP contribution is -2.37. The summed E-state index contributed by atoms with van der Waals surface area (Å²) < 4.78 is 0. The van der Waals surface area contributed by atoms with Gasteiger partial charge in [0.2, 0.25) is 11.8 Å². The van der Waals surface area contributed by atoms with E-state index in [4.69, 9.17) is 11.6 Å². The SMILES string of the molecule is CC(C)N1C(=O)CC(=O)N(c2ccccc2)c2cc(Cl)ccc21. The number of carbonyl (C=O) groups excluding carboxylic acids is 2. The lowest BCUT2D eigenvalue weighted by molar-refractivity contribution is -0.126. The average Bonchev–Trinajstić information content (AvgIpc) is 2.60. The number of para-hydroxylation sites is 1. The Kier molecular flexibility index (Phi) is 4.09. The van der Waals surface area contributed by atoms with E-state index >= 15 is 0 Å². The fourth-order valence-electron chi connectivity index (χ4n) is 2.87. The van der Waals surface area contributed by atoms with E-state index in [0.717, 1.165) is 5.69 Å². The molecule has 0 atom stereocenters. The molecule has 2 aromatic rings. The zero-order chi connectivity index (χ0) is 16.6. The molecule has 0 radical (unpaired) electrons. The van der Waals surface area contributed by atoms with Crippen LogP contribution in [0.15, 0.2) is 48.5 Å². The molecule has 0 saturated heterocycles. The van der Waals surface area contributed by atoms with E-state index in [1.54, 1.807) is 28.0 Å². The molecule has 5 heteroatoms. The molecule has 0 bridgehead atoms. The van der Waals surface area contributed by atoms with Crippen molar-refractivity contribution >= 4 is 40.5 Å². The van der Waals surface area contributed by atoms with Gasteiger partial charge in [0.05, 0.1) is 11.4 Å². The summed E-state index contributed by atoms with van der Waals surface area (Å²) in [4.78, 5) is 28.5. The number of amides is 2. The number of hydrogen-bond donors (Lipinski definition) is 0. The van der Waals surface area contributed by atoms with Crippen LogP contribution in [0.4, 0.5) is 17.1 Å². The number of anilines is 3. The Morgan fingerprint density at radius 2 is 1.65 bits per heavy atom. The Labute approximate surface area is 140 Å². The Bertz CT molecular complexity index is 759. The van der Waals surface area contributed by atoms with Gasteiger partial charge >= 0.3 is 0 Å². The van der Waals surface area contributed by atoms with E-state index in [9.17, 15) is 9.59 Å². The van der Waals surface area contributed by atoms with Gasteiger partial charge in [-0.05, 0) is 44.2 Å². The third-order valence-electron chi connectivity index (χ3n) is 3.79. The first kappa shape index (κ1) is 15.6. The summed E-state index contributed by atoms with van der Waals surface area (Å²) in [5.41, 5.74) is 2.05. The highest BCUT2D eigenvalue weighted by Crippen LogP contribution is 2.40. The zero-order valence-corrected chi connectivity index (χ0v) is 13.7. The van der Waals surface area contributed by atoms with Crippen molar-refractivity contribution in [2.75, 3.05) is 9.80 Å². The fourth-order valence-corrected chi connectivity index (χ4v) is 3.03. The van der Waals surface area contributed by atoms with Crippen LogP contribution < -0.4 is 9.80 Å². The highest BCUT2D eigenvalue weighted by molar-refractivity contribution is 6.31. The molecular weight excluding hydrogens is 312 g/mol. The van der Waals surface area contributed by atoms with Crippen molar-refractivity contribution in [2.45, 2.75) is 26.3 Å². The molecule has 0 N–H and O–H groups in total. The van der Waals surface area contributed by atoms with Crippen molar-refractivity contribution in [1.82, 2.24) is 0 Å². The van der Waals surface area contributed by atoms with Crippen molar-refractivity contribution in [3.8, 4) is 0 Å². The third kappa shape index (κ3) is 2.82. The van der Waals surface area contributed by atoms with Gasteiger partial charge < -0.3 is 4.90 Å². The van der Waals surface area contributed by atoms with Crippen LogP contribution >= 0.6 is 11.6 Å². The summed E-state index contributed by atoms with van der Waals surface area (Å²) in [6.07, 6.45) is -0.167. The summed E-state index contributed by atoms with van der Waals surface area (Å²) in [5.74, 6) is -0.458. The maximum absolute atomic E-state index is 12.7. The Balaban J connectivity index is 2.25. The van der Waals surface area contributed by atoms with E-state index in [0.29, 0.717) is 16.4 Å². The quantitative estimate of drug-likeness (QED) is 0.777. The summed E-state index contributed by atoms with van der Waals surface area (Å²) in [6, 6.07) is 14.5. The second-order valence-corrected chi connectivity index (χ2v) is 6.17. The maximum Gasteiger partial charge on any atom is 0.241 e. The molecule has 3 rings (SSSR count). The molecule has 1 aliphatic rings. The number of rotatable bonds is 2. The summed E-state index contributed by atoms with van der Waals surface area (Å²) >= 11 is 6.15. The Morgan fingerprint density at radius 1 is 0.957 bits per heavy atom. The van der Waals surface area contributed by atoms with Crippen LogP contribution in [0.3, 0.4) is 0 Å². The minimum absolute atomic E-state index is 0.0500. The summed E-state index contributed by atoms with van der Waals surface area (Å²) in [5, 5.41) is 0.524. The molecule has 0 saturated carbocycles. The molecule has 0 aliphatic carbocycles. The van der Waals surface area contributed by atoms with Gasteiger partial charge in [0.1, 0.15) is 6.42 Å². The number of carbonyl (C=O) groups is 2. The Morgan fingerprint density at radius 3 is 2.30 bits per heavy atom. The van der Waals surface area contributed by atoms with Crippen LogP contribution in [-0.2, 0) is 9.59 Å². The van der Waals surface area contributed by atoms with Gasteiger partial charge in [-0.2, -0.15) is 0 Å². The molecule has 1 heterocycles. The van der Waals surface area contributed by atoms with Crippen LogP contribution in [-0.4, -0.2) is 17.9 Å². The summed E-state index contributed by atoms with van der Waals surface area (Å²) in [6.45, 7) is 3.86. The van der Waals surface area contributed by atoms with Gasteiger partial charge in [-0.25, -0.2) is 0 Å². The minimum Gasteiger partial charge on any atom is -0.307 e. The minimum atomic E-state index is -0.257. The van der Waals surface area contributed by atoms with E-state index in [1.807, 2.05) is 44.2 Å². The molecule has 4 nitrogen and oxygen atoms in total. The lowest BCUT2D eigenvalue weighted by atomic mass is 10.2. The van der Waals surface area contributed by atoms with Crippen molar-refractivity contribution < 1.29 is 9.59 Å². The van der Waals surface area contributed by atoms with Crippen molar-refractivity contribution in [3.63, 3.8) is 0 Å². The number of nitrogens with zero attached hydrogens (tertiary/aromatic N) is 2. The fraction of sp³-hybridized carbons (Fsp3) is 0.222. The molecule has 2 aromatic carbocycles. The molecule has 0 spiro atoms. The standard InChI is InChI=1S/C18H17ClN2O2/c1-12(2)20-15-9-8-13(19)10-16(15)21(18(23)11-17(20)22)14-6-4-3-5-7-14/h3-10,12H,11H2,1-2H3. The average molecular weight is 329 g/mol. The molecule has 0 fully saturated rings. The van der Waals surface area contributed by atoms with Crippen LogP contribution in [0.25, 0.3) is 0 Å². The van der Waals surface area contributed by atoms with Gasteiger partial charge in [-0.3, -0.25) is 14.5 Å². The number of hydrogen-bond acceptors (Lipinski definition) is 2. The molecule has 0 unspecified atom stereocenters. The van der Waals surface area contributed by atoms with Crippen LogP contribution in [0.1, 0.15) is 20.3 Å². The van der Waals surface area contributed by atoms with Crippen LogP contribution in [0.5, 0.6) is 0 Å². The Hall–Kier alpha value is -2.33. The second-order valence-electron chi connectivity index (χ2n) is 5.73. The van der Waals surface area contributed by atoms with Gasteiger partial charge in [-0.1, -0.05) is 29.8 Å². The van der Waals surface area contributed by atoms with E-state index in [1.165, 1.54) is 0 Å². The highest BCUT2D eigenvalue weighted by Gasteiger charge is 2.33. The summed E-state index contributed by atoms with van der Waals surface area (Å²) in [7, 11) is 0. The van der Waals surface area contributed by atoms with E-state index < -0.39 is 0 Å². The van der Waals surface area contributed by atoms with Gasteiger partial charge in [0.15, 0.2) is 0 Å². The first-order valence-corrected chi connectivity index (χ1v) is 7.86. The predicted molar refractivity (Wildman–Crippen MR) is 92.3 cm³/mol. The van der Waals surface area contributed by atoms with Crippen LogP contribution in [0, 0.1) is 0 Å². The smallest absolute Gasteiger partial charge is 0.241 e. The third-order valence-corrected chi connectivity index (χ3v) is 4.02. The van der Waals surface area contributed by atoms with E-state index in [2.05, 4.69) is 0 Å². The highest BCUT2D eigenvalue weighted by atomic mass is 35.5. The van der Waals surface area contributed by atoms with Gasteiger partial charge in [-0.15, -0.1) is 0 Å². The number of fused-ring (bicyclic) bond motifs is 1. The molecule has 118 valence electrons. The second kappa shape index (κ2) is 6.05. The first-order valence-electron chi connectivity index (χ1n) is 7.48. The van der Waals surface area contributed by atoms with Crippen molar-refractivity contribution in [1.29, 1.82) is 0 Å². The normalized spacial score (nSPS) is 15.0. The first-order chi connectivity index (χ1) is 11.0. The molecular formula is C18H17ClN2O2. The molecule has 0 aromatic heterocycles. The van der Waals surface area contributed by atoms with Crippen molar-refractivity contribution in [3.05, 3.63) is 53.6 Å². The predicted octanol–water partition coefficient (Wildman–Crippen LogP) is 4.15. The maximum atomic E-state index is 12.7. The van der Waals surface area contributed by atoms with Crippen molar-refractivity contribution in [2.24, 2.45) is 0 Å². The van der Waals surface area contributed by atoms with Gasteiger partial charge in [0.25, 0.3) is 0 Å². The zero-order valence-electron chi connectivity index (χ0n) is 13.0. The largest absolute Gasteiger partial charge is 0.307 e. The molecule has 1 aliphatic heterocycles. The molecule has 23 heavy (non-hydrogen) atoms. The van der Waals surface area contributed by atoms with Crippen LogP contribution in [0.2, 0.25) is 5.02 Å².